The van der Waals surface area contributed by atoms with E-state index in [9.17, 15) is 9.59 Å². The normalized spacial score (nSPS) is 14.9. The smallest absolute Gasteiger partial charge is 0.262 e. The number of hydrogen-bond donors (Lipinski definition) is 1. The molecule has 0 aromatic carbocycles. The topological polar surface area (TPSA) is 81.8 Å². The second-order valence-electron chi connectivity index (χ2n) is 7.11. The van der Waals surface area contributed by atoms with Crippen molar-refractivity contribution < 1.29 is 4.79 Å². The maximum Gasteiger partial charge on any atom is 0.262 e. The predicted molar refractivity (Wildman–Crippen MR) is 105 cm³/mol. The Hall–Kier alpha value is -2.48. The Morgan fingerprint density at radius 2 is 2.19 bits per heavy atom. The maximum atomic E-state index is 12.9. The molecule has 142 valence electrons. The summed E-state index contributed by atoms with van der Waals surface area (Å²) < 4.78 is 3.50. The molecule has 1 N–H and O–H groups in total. The number of carbonyl (C=O) groups is 1. The predicted octanol–water partition coefficient (Wildman–Crippen LogP) is 2.13. The Morgan fingerprint density at radius 1 is 1.33 bits per heavy atom. The van der Waals surface area contributed by atoms with Crippen molar-refractivity contribution in [2.45, 2.75) is 58.2 Å². The summed E-state index contributed by atoms with van der Waals surface area (Å²) in [6.45, 7) is 2.96. The average molecular weight is 385 g/mol. The van der Waals surface area contributed by atoms with E-state index in [-0.39, 0.29) is 23.9 Å². The number of imidazole rings is 1. The van der Waals surface area contributed by atoms with E-state index >= 15 is 0 Å². The standard InChI is InChI=1S/C19H23N5O2S/c1-13(10-23-9-7-20-11-23)22-16(25)6-8-24-12-21-18-17(19(24)26)14-4-2-3-5-15(14)27-18/h7,9,11-13H,2-6,8,10H2,1H3,(H,22,25)/t13-/m1/s1. The van der Waals surface area contributed by atoms with Gasteiger partial charge < -0.3 is 9.88 Å². The minimum absolute atomic E-state index is 0.00656. The fraction of sp³-hybridized carbons (Fsp3) is 0.474. The van der Waals surface area contributed by atoms with E-state index in [2.05, 4.69) is 15.3 Å². The highest BCUT2D eigenvalue weighted by Gasteiger charge is 2.20. The molecule has 0 saturated heterocycles. The van der Waals surface area contributed by atoms with E-state index in [4.69, 9.17) is 0 Å². The van der Waals surface area contributed by atoms with Crippen molar-refractivity contribution >= 4 is 27.5 Å². The molecule has 3 heterocycles. The number of thiophene rings is 1. The number of nitrogens with one attached hydrogen (secondary N) is 1. The van der Waals surface area contributed by atoms with E-state index in [1.807, 2.05) is 17.7 Å². The van der Waals surface area contributed by atoms with Crippen molar-refractivity contribution in [1.29, 1.82) is 0 Å². The lowest BCUT2D eigenvalue weighted by Crippen LogP contribution is -2.36. The Balaban J connectivity index is 1.42. The van der Waals surface area contributed by atoms with Crippen LogP contribution in [-0.4, -0.2) is 31.1 Å². The largest absolute Gasteiger partial charge is 0.352 e. The molecule has 27 heavy (non-hydrogen) atoms. The third-order valence-electron chi connectivity index (χ3n) is 4.97. The summed E-state index contributed by atoms with van der Waals surface area (Å²) in [4.78, 5) is 35.8. The molecular formula is C19H23N5O2S. The van der Waals surface area contributed by atoms with Crippen LogP contribution in [0.15, 0.2) is 29.8 Å². The van der Waals surface area contributed by atoms with Crippen molar-refractivity contribution in [3.8, 4) is 0 Å². The monoisotopic (exact) mass is 385 g/mol. The molecule has 0 fully saturated rings. The molecule has 0 bridgehead atoms. The highest BCUT2D eigenvalue weighted by molar-refractivity contribution is 7.18. The summed E-state index contributed by atoms with van der Waals surface area (Å²) in [5.74, 6) is -0.0676. The SMILES string of the molecule is C[C@H](Cn1ccnc1)NC(=O)CCn1cnc2sc3c(c2c1=O)CCCC3. The second kappa shape index (κ2) is 7.64. The Bertz CT molecular complexity index is 1010. The van der Waals surface area contributed by atoms with Crippen molar-refractivity contribution in [2.75, 3.05) is 0 Å². The number of hydrogen-bond acceptors (Lipinski definition) is 5. The van der Waals surface area contributed by atoms with E-state index in [0.717, 1.165) is 29.5 Å². The summed E-state index contributed by atoms with van der Waals surface area (Å²) in [5.41, 5.74) is 1.17. The number of nitrogens with zero attached hydrogens (tertiary/aromatic N) is 4. The summed E-state index contributed by atoms with van der Waals surface area (Å²) >= 11 is 1.65. The first kappa shape index (κ1) is 17.9. The van der Waals surface area contributed by atoms with Crippen LogP contribution in [0.4, 0.5) is 0 Å². The van der Waals surface area contributed by atoms with Crippen LogP contribution in [0, 0.1) is 0 Å². The quantitative estimate of drug-likeness (QED) is 0.705. The summed E-state index contributed by atoms with van der Waals surface area (Å²) in [7, 11) is 0. The number of aryl methyl sites for hydroxylation is 3. The summed E-state index contributed by atoms with van der Waals surface area (Å²) in [5, 5.41) is 3.74. The van der Waals surface area contributed by atoms with Gasteiger partial charge in [0.25, 0.3) is 5.56 Å². The van der Waals surface area contributed by atoms with Crippen LogP contribution in [-0.2, 0) is 30.7 Å². The van der Waals surface area contributed by atoms with Gasteiger partial charge in [-0.15, -0.1) is 11.3 Å². The van der Waals surface area contributed by atoms with Gasteiger partial charge >= 0.3 is 0 Å². The van der Waals surface area contributed by atoms with Gasteiger partial charge in [-0.1, -0.05) is 0 Å². The molecular weight excluding hydrogens is 362 g/mol. The first-order valence-corrected chi connectivity index (χ1v) is 10.2. The van der Waals surface area contributed by atoms with Crippen LogP contribution in [0.3, 0.4) is 0 Å². The molecule has 1 amide bonds. The molecule has 0 saturated carbocycles. The van der Waals surface area contributed by atoms with E-state index in [0.29, 0.717) is 13.1 Å². The average Bonchev–Trinajstić information content (AvgIpc) is 3.28. The molecule has 0 radical (unpaired) electrons. The Morgan fingerprint density at radius 3 is 3.00 bits per heavy atom. The summed E-state index contributed by atoms with van der Waals surface area (Å²) in [6, 6.07) is -0.00656. The van der Waals surface area contributed by atoms with Gasteiger partial charge in [0.1, 0.15) is 4.83 Å². The molecule has 1 atom stereocenters. The molecule has 7 nitrogen and oxygen atoms in total. The number of amides is 1. The van der Waals surface area contributed by atoms with Gasteiger partial charge in [0.2, 0.25) is 5.91 Å². The van der Waals surface area contributed by atoms with Gasteiger partial charge in [-0.3, -0.25) is 14.2 Å². The van der Waals surface area contributed by atoms with Crippen LogP contribution in [0.1, 0.15) is 36.6 Å². The lowest BCUT2D eigenvalue weighted by Gasteiger charge is -2.14. The number of fused-ring (bicyclic) bond motifs is 3. The van der Waals surface area contributed by atoms with Crippen LogP contribution in [0.25, 0.3) is 10.2 Å². The van der Waals surface area contributed by atoms with Crippen molar-refractivity contribution in [1.82, 2.24) is 24.4 Å². The molecule has 1 aliphatic carbocycles. The molecule has 3 aromatic heterocycles. The Kier molecular flexibility index (Phi) is 5.07. The van der Waals surface area contributed by atoms with E-state index < -0.39 is 0 Å². The van der Waals surface area contributed by atoms with Gasteiger partial charge in [-0.2, -0.15) is 0 Å². The van der Waals surface area contributed by atoms with Crippen molar-refractivity contribution in [2.24, 2.45) is 0 Å². The molecule has 0 aliphatic heterocycles. The van der Waals surface area contributed by atoms with Crippen LogP contribution in [0.2, 0.25) is 0 Å². The molecule has 1 aliphatic rings. The molecule has 4 rings (SSSR count). The first-order valence-electron chi connectivity index (χ1n) is 9.36. The van der Waals surface area contributed by atoms with Crippen LogP contribution < -0.4 is 10.9 Å². The van der Waals surface area contributed by atoms with Crippen molar-refractivity contribution in [3.05, 3.63) is 45.8 Å². The minimum Gasteiger partial charge on any atom is -0.352 e. The third-order valence-corrected chi connectivity index (χ3v) is 6.17. The lowest BCUT2D eigenvalue weighted by atomic mass is 9.97. The molecule has 8 heteroatoms. The minimum atomic E-state index is -0.0676. The van der Waals surface area contributed by atoms with Gasteiger partial charge in [-0.05, 0) is 38.2 Å². The van der Waals surface area contributed by atoms with Crippen molar-refractivity contribution in [3.63, 3.8) is 0 Å². The fourth-order valence-electron chi connectivity index (χ4n) is 3.67. The van der Waals surface area contributed by atoms with Crippen LogP contribution in [0.5, 0.6) is 0 Å². The zero-order valence-corrected chi connectivity index (χ0v) is 16.2. The highest BCUT2D eigenvalue weighted by Crippen LogP contribution is 2.33. The van der Waals surface area contributed by atoms with E-state index in [1.165, 1.54) is 16.9 Å². The molecule has 0 spiro atoms. The lowest BCUT2D eigenvalue weighted by molar-refractivity contribution is -0.122. The fourth-order valence-corrected chi connectivity index (χ4v) is 4.89. The molecule has 0 unspecified atom stereocenters. The number of carbonyl (C=O) groups excluding carboxylic acids is 1. The third kappa shape index (κ3) is 3.80. The van der Waals surface area contributed by atoms with Gasteiger partial charge in [-0.25, -0.2) is 9.97 Å². The summed E-state index contributed by atoms with van der Waals surface area (Å²) in [6.07, 6.45) is 11.5. The van der Waals surface area contributed by atoms with E-state index in [1.54, 1.807) is 34.8 Å². The Labute approximate surface area is 161 Å². The maximum absolute atomic E-state index is 12.9. The van der Waals surface area contributed by atoms with Gasteiger partial charge in [0.15, 0.2) is 0 Å². The second-order valence-corrected chi connectivity index (χ2v) is 8.20. The zero-order valence-electron chi connectivity index (χ0n) is 15.4. The number of aromatic nitrogens is 4. The molecule has 3 aromatic rings. The zero-order chi connectivity index (χ0) is 18.8. The first-order chi connectivity index (χ1) is 13.1. The van der Waals surface area contributed by atoms with Gasteiger partial charge in [0.05, 0.1) is 18.0 Å². The number of rotatable bonds is 6. The van der Waals surface area contributed by atoms with Crippen LogP contribution >= 0.6 is 11.3 Å². The highest BCUT2D eigenvalue weighted by atomic mass is 32.1. The van der Waals surface area contributed by atoms with Gasteiger partial charge in [0, 0.05) is 42.8 Å².